The van der Waals surface area contributed by atoms with Crippen LogP contribution in [0.2, 0.25) is 0 Å². The van der Waals surface area contributed by atoms with E-state index in [1.807, 2.05) is 24.3 Å². The topological polar surface area (TPSA) is 61.8 Å². The molecule has 2 amide bonds. The molecule has 5 heteroatoms. The lowest BCUT2D eigenvalue weighted by Gasteiger charge is -2.18. The van der Waals surface area contributed by atoms with Crippen molar-refractivity contribution < 1.29 is 14.6 Å². The number of para-hydroxylation sites is 1. The van der Waals surface area contributed by atoms with Crippen LogP contribution in [0.3, 0.4) is 0 Å². The molecule has 0 heterocycles. The van der Waals surface area contributed by atoms with E-state index in [0.717, 1.165) is 11.3 Å². The van der Waals surface area contributed by atoms with Gasteiger partial charge in [-0.25, -0.2) is 4.79 Å². The molecule has 0 fully saturated rings. The van der Waals surface area contributed by atoms with Crippen LogP contribution in [0.25, 0.3) is 0 Å². The van der Waals surface area contributed by atoms with Gasteiger partial charge in [-0.3, -0.25) is 4.90 Å². The number of nitrogens with zero attached hydrogens (tertiary/aromatic N) is 1. The maximum absolute atomic E-state index is 12.1. The first-order chi connectivity index (χ1) is 10.1. The summed E-state index contributed by atoms with van der Waals surface area (Å²) in [7, 11) is 3.27. The van der Waals surface area contributed by atoms with Crippen LogP contribution in [0.15, 0.2) is 48.5 Å². The third-order valence-corrected chi connectivity index (χ3v) is 3.16. The summed E-state index contributed by atoms with van der Waals surface area (Å²) in [6.45, 7) is 0.380. The van der Waals surface area contributed by atoms with E-state index < -0.39 is 0 Å². The summed E-state index contributed by atoms with van der Waals surface area (Å²) in [6.07, 6.45) is 0. The second-order valence-corrected chi connectivity index (χ2v) is 4.55. The number of benzene rings is 2. The summed E-state index contributed by atoms with van der Waals surface area (Å²) in [4.78, 5) is 13.6. The molecule has 0 radical (unpaired) electrons. The second-order valence-electron chi connectivity index (χ2n) is 4.55. The van der Waals surface area contributed by atoms with Gasteiger partial charge >= 0.3 is 6.03 Å². The van der Waals surface area contributed by atoms with Crippen molar-refractivity contribution in [3.63, 3.8) is 0 Å². The van der Waals surface area contributed by atoms with Crippen LogP contribution >= 0.6 is 0 Å². The number of hydrogen-bond acceptors (Lipinski definition) is 3. The molecule has 0 unspecified atom stereocenters. The van der Waals surface area contributed by atoms with Gasteiger partial charge in [0.05, 0.1) is 7.11 Å². The molecule has 0 saturated carbocycles. The van der Waals surface area contributed by atoms with Gasteiger partial charge in [-0.15, -0.1) is 0 Å². The van der Waals surface area contributed by atoms with E-state index >= 15 is 0 Å². The van der Waals surface area contributed by atoms with Gasteiger partial charge in [0.1, 0.15) is 11.5 Å². The van der Waals surface area contributed by atoms with Crippen molar-refractivity contribution in [3.05, 3.63) is 54.1 Å². The summed E-state index contributed by atoms with van der Waals surface area (Å²) >= 11 is 0. The predicted molar refractivity (Wildman–Crippen MR) is 81.7 cm³/mol. The van der Waals surface area contributed by atoms with Crippen molar-refractivity contribution in [2.45, 2.75) is 6.54 Å². The van der Waals surface area contributed by atoms with Gasteiger partial charge in [-0.2, -0.15) is 0 Å². The zero-order valence-corrected chi connectivity index (χ0v) is 12.0. The highest BCUT2D eigenvalue weighted by Gasteiger charge is 2.11. The molecule has 2 rings (SSSR count). The minimum absolute atomic E-state index is 0.168. The number of hydrogen-bond donors (Lipinski definition) is 2. The highest BCUT2D eigenvalue weighted by atomic mass is 16.5. The summed E-state index contributed by atoms with van der Waals surface area (Å²) in [5.74, 6) is 0.909. The van der Waals surface area contributed by atoms with Gasteiger partial charge in [-0.05, 0) is 30.3 Å². The fourth-order valence-electron chi connectivity index (χ4n) is 1.93. The predicted octanol–water partition coefficient (Wildman–Crippen LogP) is 2.75. The second kappa shape index (κ2) is 6.65. The molecule has 2 aromatic carbocycles. The number of ether oxygens (including phenoxy) is 1. The van der Waals surface area contributed by atoms with Crippen LogP contribution < -0.4 is 15.0 Å². The van der Waals surface area contributed by atoms with Crippen molar-refractivity contribution in [2.75, 3.05) is 19.1 Å². The molecule has 0 saturated heterocycles. The average Bonchev–Trinajstić information content (AvgIpc) is 2.52. The van der Waals surface area contributed by atoms with Crippen molar-refractivity contribution in [2.24, 2.45) is 0 Å². The molecule has 0 aromatic heterocycles. The van der Waals surface area contributed by atoms with Gasteiger partial charge in [0.2, 0.25) is 0 Å². The SMILES string of the molecule is COc1ccccc1CNC(=O)N(C)c1ccc(O)cc1. The quantitative estimate of drug-likeness (QED) is 0.908. The first kappa shape index (κ1) is 14.7. The van der Waals surface area contributed by atoms with E-state index in [1.54, 1.807) is 38.4 Å². The van der Waals surface area contributed by atoms with E-state index in [2.05, 4.69) is 5.32 Å². The number of phenols is 1. The molecule has 2 aromatic rings. The van der Waals surface area contributed by atoms with Crippen LogP contribution in [0.1, 0.15) is 5.56 Å². The fraction of sp³-hybridized carbons (Fsp3) is 0.188. The molecule has 0 bridgehead atoms. The molecule has 0 spiro atoms. The van der Waals surface area contributed by atoms with E-state index in [9.17, 15) is 9.90 Å². The molecule has 2 N–H and O–H groups in total. The molecule has 110 valence electrons. The molecule has 21 heavy (non-hydrogen) atoms. The first-order valence-electron chi connectivity index (χ1n) is 6.54. The lowest BCUT2D eigenvalue weighted by atomic mass is 10.2. The standard InChI is InChI=1S/C16H18N2O3/c1-18(13-7-9-14(19)10-8-13)16(20)17-11-12-5-3-4-6-15(12)21-2/h3-10,19H,11H2,1-2H3,(H,17,20). The normalized spacial score (nSPS) is 10.0. The summed E-state index contributed by atoms with van der Waals surface area (Å²) in [5, 5.41) is 12.1. The number of nitrogens with one attached hydrogen (secondary N) is 1. The van der Waals surface area contributed by atoms with Crippen LogP contribution in [-0.2, 0) is 6.54 Å². The van der Waals surface area contributed by atoms with Gasteiger partial charge in [0.25, 0.3) is 0 Å². The average molecular weight is 286 g/mol. The summed E-state index contributed by atoms with van der Waals surface area (Å²) < 4.78 is 5.24. The summed E-state index contributed by atoms with van der Waals surface area (Å²) in [5.41, 5.74) is 1.61. The lowest BCUT2D eigenvalue weighted by Crippen LogP contribution is -2.36. The molecular formula is C16H18N2O3. The van der Waals surface area contributed by atoms with Crippen LogP contribution in [-0.4, -0.2) is 25.3 Å². The van der Waals surface area contributed by atoms with Crippen molar-refractivity contribution in [1.29, 1.82) is 0 Å². The first-order valence-corrected chi connectivity index (χ1v) is 6.54. The smallest absolute Gasteiger partial charge is 0.321 e. The zero-order chi connectivity index (χ0) is 15.2. The third-order valence-electron chi connectivity index (χ3n) is 3.16. The number of phenolic OH excluding ortho intramolecular Hbond substituents is 1. The number of carbonyl (C=O) groups is 1. The Kier molecular flexibility index (Phi) is 4.66. The Morgan fingerprint density at radius 3 is 2.52 bits per heavy atom. The Morgan fingerprint density at radius 1 is 1.19 bits per heavy atom. The Hall–Kier alpha value is -2.69. The van der Waals surface area contributed by atoms with Crippen molar-refractivity contribution in [3.8, 4) is 11.5 Å². The molecule has 5 nitrogen and oxygen atoms in total. The highest BCUT2D eigenvalue weighted by Crippen LogP contribution is 2.19. The number of carbonyl (C=O) groups excluding carboxylic acids is 1. The molecule has 0 atom stereocenters. The van der Waals surface area contributed by atoms with Gasteiger partial charge in [-0.1, -0.05) is 18.2 Å². The number of methoxy groups -OCH3 is 1. The fourth-order valence-corrected chi connectivity index (χ4v) is 1.93. The minimum Gasteiger partial charge on any atom is -0.508 e. The minimum atomic E-state index is -0.230. The lowest BCUT2D eigenvalue weighted by molar-refractivity contribution is 0.247. The Labute approximate surface area is 123 Å². The largest absolute Gasteiger partial charge is 0.508 e. The molecule has 0 aliphatic heterocycles. The highest BCUT2D eigenvalue weighted by molar-refractivity contribution is 5.91. The Bertz CT molecular complexity index is 611. The maximum Gasteiger partial charge on any atom is 0.321 e. The number of amides is 2. The van der Waals surface area contributed by atoms with Gasteiger partial charge in [0.15, 0.2) is 0 Å². The van der Waals surface area contributed by atoms with Gasteiger partial charge < -0.3 is 15.2 Å². The zero-order valence-electron chi connectivity index (χ0n) is 12.0. The van der Waals surface area contributed by atoms with E-state index in [-0.39, 0.29) is 11.8 Å². The van der Waals surface area contributed by atoms with Gasteiger partial charge in [0, 0.05) is 24.8 Å². The Morgan fingerprint density at radius 2 is 1.86 bits per heavy atom. The molecule has 0 aliphatic rings. The monoisotopic (exact) mass is 286 g/mol. The molecule has 0 aliphatic carbocycles. The maximum atomic E-state index is 12.1. The van der Waals surface area contributed by atoms with E-state index in [1.165, 1.54) is 4.90 Å². The number of aromatic hydroxyl groups is 1. The van der Waals surface area contributed by atoms with Crippen molar-refractivity contribution >= 4 is 11.7 Å². The Balaban J connectivity index is 1.99. The number of urea groups is 1. The summed E-state index contributed by atoms with van der Waals surface area (Å²) in [6, 6.07) is 13.7. The van der Waals surface area contributed by atoms with Crippen molar-refractivity contribution in [1.82, 2.24) is 5.32 Å². The number of rotatable bonds is 4. The molecular weight excluding hydrogens is 268 g/mol. The van der Waals surface area contributed by atoms with Crippen LogP contribution in [0.4, 0.5) is 10.5 Å². The third kappa shape index (κ3) is 3.66. The van der Waals surface area contributed by atoms with E-state index in [4.69, 9.17) is 4.74 Å². The van der Waals surface area contributed by atoms with Crippen LogP contribution in [0, 0.1) is 0 Å². The van der Waals surface area contributed by atoms with E-state index in [0.29, 0.717) is 12.2 Å². The van der Waals surface area contributed by atoms with Crippen LogP contribution in [0.5, 0.6) is 11.5 Å². The number of anilines is 1.